The molecular weight excluding hydrogens is 358 g/mol. The fourth-order valence-corrected chi connectivity index (χ4v) is 4.93. The highest BCUT2D eigenvalue weighted by Crippen LogP contribution is 2.22. The van der Waals surface area contributed by atoms with Crippen LogP contribution in [0.5, 0.6) is 0 Å². The molecule has 0 unspecified atom stereocenters. The molecule has 0 bridgehead atoms. The summed E-state index contributed by atoms with van der Waals surface area (Å²) in [7, 11) is -3.36. The first-order valence-electron chi connectivity index (χ1n) is 8.33. The predicted octanol–water partition coefficient (Wildman–Crippen LogP) is 3.09. The van der Waals surface area contributed by atoms with Crippen LogP contribution in [-0.2, 0) is 15.8 Å². The van der Waals surface area contributed by atoms with Crippen LogP contribution in [0.1, 0.15) is 17.5 Å². The minimum Gasteiger partial charge on any atom is -0.370 e. The lowest BCUT2D eigenvalue weighted by Crippen LogP contribution is -2.36. The van der Waals surface area contributed by atoms with Crippen molar-refractivity contribution in [2.45, 2.75) is 19.1 Å². The Hall–Kier alpha value is -1.63. The first kappa shape index (κ1) is 18.2. The van der Waals surface area contributed by atoms with Crippen LogP contribution in [0, 0.1) is 6.92 Å². The maximum Gasteiger partial charge on any atom is 0.218 e. The van der Waals surface area contributed by atoms with Gasteiger partial charge in [-0.05, 0) is 42.7 Å². The van der Waals surface area contributed by atoms with E-state index < -0.39 is 10.0 Å². The highest BCUT2D eigenvalue weighted by molar-refractivity contribution is 7.88. The Labute approximate surface area is 154 Å². The summed E-state index contributed by atoms with van der Waals surface area (Å²) in [6.07, 6.45) is 4.42. The number of sulfonamides is 1. The number of aromatic nitrogens is 1. The molecule has 0 radical (unpaired) electrons. The summed E-state index contributed by atoms with van der Waals surface area (Å²) in [6.45, 7) is 4.59. The smallest absolute Gasteiger partial charge is 0.218 e. The number of nitrogens with zero attached hydrogens (tertiary/aromatic N) is 3. The monoisotopic (exact) mass is 379 g/mol. The zero-order valence-electron chi connectivity index (χ0n) is 14.2. The molecule has 0 spiro atoms. The Bertz CT molecular complexity index is 842. The molecule has 25 heavy (non-hydrogen) atoms. The van der Waals surface area contributed by atoms with Crippen molar-refractivity contribution in [2.75, 3.05) is 31.1 Å². The van der Waals surface area contributed by atoms with E-state index in [-0.39, 0.29) is 5.75 Å². The van der Waals surface area contributed by atoms with Crippen LogP contribution in [0.2, 0.25) is 5.02 Å². The van der Waals surface area contributed by atoms with Gasteiger partial charge in [0, 0.05) is 49.3 Å². The van der Waals surface area contributed by atoms with Crippen molar-refractivity contribution >= 4 is 27.3 Å². The van der Waals surface area contributed by atoms with Gasteiger partial charge in [0.1, 0.15) is 0 Å². The summed E-state index contributed by atoms with van der Waals surface area (Å²) in [5.74, 6) is -0.0121. The molecule has 3 rings (SSSR count). The number of anilines is 1. The molecular formula is C18H22ClN3O2S. The normalized spacial score (nSPS) is 16.6. The van der Waals surface area contributed by atoms with Crippen molar-refractivity contribution < 1.29 is 8.42 Å². The summed E-state index contributed by atoms with van der Waals surface area (Å²) in [4.78, 5) is 6.37. The summed E-state index contributed by atoms with van der Waals surface area (Å²) in [5, 5.41) is 0.558. The minimum atomic E-state index is -3.36. The van der Waals surface area contributed by atoms with Crippen LogP contribution in [-0.4, -0.2) is 43.9 Å². The van der Waals surface area contributed by atoms with Gasteiger partial charge in [-0.3, -0.25) is 4.98 Å². The van der Waals surface area contributed by atoms with Gasteiger partial charge in [-0.1, -0.05) is 23.7 Å². The van der Waals surface area contributed by atoms with Gasteiger partial charge in [0.05, 0.1) is 5.75 Å². The van der Waals surface area contributed by atoms with Crippen molar-refractivity contribution in [1.82, 2.24) is 9.29 Å². The number of aryl methyl sites for hydroxylation is 1. The molecule has 1 aromatic heterocycles. The number of hydrogen-bond donors (Lipinski definition) is 0. The Balaban J connectivity index is 1.71. The fourth-order valence-electron chi connectivity index (χ4n) is 3.16. The van der Waals surface area contributed by atoms with E-state index in [0.29, 0.717) is 24.7 Å². The van der Waals surface area contributed by atoms with Crippen molar-refractivity contribution in [3.8, 4) is 0 Å². The Morgan fingerprint density at radius 3 is 2.76 bits per heavy atom. The molecule has 0 aliphatic carbocycles. The highest BCUT2D eigenvalue weighted by Gasteiger charge is 2.26. The number of halogens is 1. The number of rotatable bonds is 4. The second kappa shape index (κ2) is 7.72. The largest absolute Gasteiger partial charge is 0.370 e. The molecule has 1 fully saturated rings. The molecule has 0 saturated carbocycles. The van der Waals surface area contributed by atoms with Gasteiger partial charge in [0.15, 0.2) is 0 Å². The average molecular weight is 380 g/mol. The number of pyridine rings is 1. The van der Waals surface area contributed by atoms with E-state index in [1.165, 1.54) is 0 Å². The van der Waals surface area contributed by atoms with Crippen molar-refractivity contribution in [3.63, 3.8) is 0 Å². The van der Waals surface area contributed by atoms with E-state index in [0.717, 1.165) is 29.8 Å². The third kappa shape index (κ3) is 4.51. The first-order valence-corrected chi connectivity index (χ1v) is 10.3. The van der Waals surface area contributed by atoms with Gasteiger partial charge < -0.3 is 4.90 Å². The first-order chi connectivity index (χ1) is 12.0. The Morgan fingerprint density at radius 1 is 1.16 bits per heavy atom. The lowest BCUT2D eigenvalue weighted by molar-refractivity contribution is 0.432. The SMILES string of the molecule is Cc1cnccc1N1CCCN(S(=O)(=O)Cc2cccc(Cl)c2)CC1. The average Bonchev–Trinajstić information content (AvgIpc) is 2.81. The second-order valence-corrected chi connectivity index (χ2v) is 8.69. The Kier molecular flexibility index (Phi) is 5.61. The summed E-state index contributed by atoms with van der Waals surface area (Å²) in [6, 6.07) is 9.03. The van der Waals surface area contributed by atoms with Crippen molar-refractivity contribution in [1.29, 1.82) is 0 Å². The number of hydrogen-bond acceptors (Lipinski definition) is 4. The van der Waals surface area contributed by atoms with Crippen LogP contribution < -0.4 is 4.90 Å². The van der Waals surface area contributed by atoms with E-state index >= 15 is 0 Å². The molecule has 0 N–H and O–H groups in total. The zero-order chi connectivity index (χ0) is 17.9. The summed E-state index contributed by atoms with van der Waals surface area (Å²) < 4.78 is 27.2. The zero-order valence-corrected chi connectivity index (χ0v) is 15.8. The standard InChI is InChI=1S/C18H22ClN3O2S/c1-15-13-20-7-6-18(15)21-8-3-9-22(11-10-21)25(23,24)14-16-4-2-5-17(19)12-16/h2,4-7,12-13H,3,8-11,14H2,1H3. The van der Waals surface area contributed by atoms with Gasteiger partial charge in [-0.2, -0.15) is 4.31 Å². The predicted molar refractivity (Wildman–Crippen MR) is 101 cm³/mol. The van der Waals surface area contributed by atoms with Crippen molar-refractivity contribution in [3.05, 3.63) is 58.9 Å². The van der Waals surface area contributed by atoms with E-state index in [4.69, 9.17) is 11.6 Å². The molecule has 1 aliphatic heterocycles. The summed E-state index contributed by atoms with van der Waals surface area (Å²) >= 11 is 5.97. The molecule has 0 atom stereocenters. The molecule has 7 heteroatoms. The third-order valence-corrected chi connectivity index (χ3v) is 6.50. The van der Waals surface area contributed by atoms with Crippen LogP contribution in [0.4, 0.5) is 5.69 Å². The van der Waals surface area contributed by atoms with Crippen LogP contribution in [0.3, 0.4) is 0 Å². The van der Waals surface area contributed by atoms with Gasteiger partial charge in [-0.15, -0.1) is 0 Å². The second-order valence-electron chi connectivity index (χ2n) is 6.29. The molecule has 1 aromatic carbocycles. The lowest BCUT2D eigenvalue weighted by Gasteiger charge is -2.24. The molecule has 1 aliphatic rings. The Morgan fingerprint density at radius 2 is 2.00 bits per heavy atom. The minimum absolute atomic E-state index is 0.0121. The van der Waals surface area contributed by atoms with E-state index in [1.807, 2.05) is 19.2 Å². The highest BCUT2D eigenvalue weighted by atomic mass is 35.5. The maximum absolute atomic E-state index is 12.8. The summed E-state index contributed by atoms with van der Waals surface area (Å²) in [5.41, 5.74) is 2.96. The van der Waals surface area contributed by atoms with Gasteiger partial charge in [-0.25, -0.2) is 8.42 Å². The van der Waals surface area contributed by atoms with Crippen LogP contribution in [0.25, 0.3) is 0 Å². The molecule has 2 aromatic rings. The van der Waals surface area contributed by atoms with Crippen LogP contribution >= 0.6 is 11.6 Å². The van der Waals surface area contributed by atoms with Gasteiger partial charge in [0.2, 0.25) is 10.0 Å². The molecule has 5 nitrogen and oxygen atoms in total. The molecule has 1 saturated heterocycles. The van der Waals surface area contributed by atoms with Crippen molar-refractivity contribution in [2.24, 2.45) is 0 Å². The molecule has 2 heterocycles. The fraction of sp³-hybridized carbons (Fsp3) is 0.389. The third-order valence-electron chi connectivity index (χ3n) is 4.42. The molecule has 134 valence electrons. The van der Waals surface area contributed by atoms with Gasteiger partial charge >= 0.3 is 0 Å². The quantitative estimate of drug-likeness (QED) is 0.819. The van der Waals surface area contributed by atoms with E-state index in [1.54, 1.807) is 34.8 Å². The van der Waals surface area contributed by atoms with Crippen LogP contribution in [0.15, 0.2) is 42.7 Å². The topological polar surface area (TPSA) is 53.5 Å². The van der Waals surface area contributed by atoms with Gasteiger partial charge in [0.25, 0.3) is 0 Å². The number of benzene rings is 1. The maximum atomic E-state index is 12.8. The van der Waals surface area contributed by atoms with E-state index in [9.17, 15) is 8.42 Å². The van der Waals surface area contributed by atoms with E-state index in [2.05, 4.69) is 9.88 Å². The lowest BCUT2D eigenvalue weighted by atomic mass is 10.2. The molecule has 0 amide bonds.